The summed E-state index contributed by atoms with van der Waals surface area (Å²) in [5.74, 6) is -0.308. The normalized spacial score (nSPS) is 14.3. The van der Waals surface area contributed by atoms with E-state index >= 15 is 0 Å². The summed E-state index contributed by atoms with van der Waals surface area (Å²) in [6.45, 7) is 1.94. The Labute approximate surface area is 193 Å². The Morgan fingerprint density at radius 1 is 0.938 bits per heavy atom. The Balaban J connectivity index is 1.46. The van der Waals surface area contributed by atoms with Gasteiger partial charge in [0.05, 0.1) is 27.2 Å². The van der Waals surface area contributed by atoms with Crippen molar-refractivity contribution in [3.8, 4) is 0 Å². The van der Waals surface area contributed by atoms with Crippen LogP contribution in [0.15, 0.2) is 71.6 Å². The van der Waals surface area contributed by atoms with Crippen LogP contribution in [0.2, 0.25) is 5.02 Å². The molecule has 0 aliphatic heterocycles. The Hall–Kier alpha value is -2.83. The second-order valence-electron chi connectivity index (χ2n) is 8.04. The molecule has 1 amide bonds. The largest absolute Gasteiger partial charge is 0.345 e. The summed E-state index contributed by atoms with van der Waals surface area (Å²) in [7, 11) is -3.74. The number of carbonyl (C=O) groups is 1. The molecule has 2 N–H and O–H groups in total. The van der Waals surface area contributed by atoms with Gasteiger partial charge in [0.1, 0.15) is 0 Å². The molecule has 1 unspecified atom stereocenters. The first-order valence-electron chi connectivity index (χ1n) is 10.6. The number of halogens is 1. The minimum absolute atomic E-state index is 0.150. The van der Waals surface area contributed by atoms with Gasteiger partial charge in [-0.1, -0.05) is 48.0 Å². The number of aryl methyl sites for hydroxylation is 2. The smallest absolute Gasteiger partial charge is 0.261 e. The summed E-state index contributed by atoms with van der Waals surface area (Å²) < 4.78 is 27.5. The van der Waals surface area contributed by atoms with Crippen LogP contribution < -0.4 is 10.0 Å². The highest BCUT2D eigenvalue weighted by molar-refractivity contribution is 7.92. The molecule has 0 saturated carbocycles. The molecule has 0 spiro atoms. The van der Waals surface area contributed by atoms with E-state index in [1.165, 1.54) is 54.3 Å². The van der Waals surface area contributed by atoms with E-state index in [2.05, 4.69) is 28.2 Å². The molecule has 3 aromatic rings. The summed E-state index contributed by atoms with van der Waals surface area (Å²) in [6.07, 6.45) is 4.63. The molecule has 0 aromatic heterocycles. The summed E-state index contributed by atoms with van der Waals surface area (Å²) in [5.41, 5.74) is 4.40. The van der Waals surface area contributed by atoms with Crippen molar-refractivity contribution in [2.75, 3.05) is 4.72 Å². The van der Waals surface area contributed by atoms with Crippen LogP contribution in [0.3, 0.4) is 0 Å². The van der Waals surface area contributed by atoms with Crippen molar-refractivity contribution in [3.05, 3.63) is 94.0 Å². The second kappa shape index (κ2) is 9.35. The van der Waals surface area contributed by atoms with Crippen molar-refractivity contribution in [1.82, 2.24) is 5.32 Å². The number of benzene rings is 3. The molecular weight excluding hydrogens is 444 g/mol. The third kappa shape index (κ3) is 4.97. The fourth-order valence-corrected chi connectivity index (χ4v) is 5.29. The number of nitrogens with one attached hydrogen (secondary N) is 2. The van der Waals surface area contributed by atoms with Crippen molar-refractivity contribution in [1.29, 1.82) is 0 Å². The van der Waals surface area contributed by atoms with Crippen molar-refractivity contribution in [2.24, 2.45) is 0 Å². The number of hydrogen-bond donors (Lipinski definition) is 2. The highest BCUT2D eigenvalue weighted by Crippen LogP contribution is 2.27. The lowest BCUT2D eigenvalue weighted by Crippen LogP contribution is -2.27. The average Bonchev–Trinajstić information content (AvgIpc) is 2.79. The van der Waals surface area contributed by atoms with Crippen LogP contribution in [0.25, 0.3) is 0 Å². The van der Waals surface area contributed by atoms with E-state index in [1.54, 1.807) is 18.2 Å². The zero-order valence-electron chi connectivity index (χ0n) is 17.8. The van der Waals surface area contributed by atoms with Crippen LogP contribution in [0.5, 0.6) is 0 Å². The first-order chi connectivity index (χ1) is 15.3. The van der Waals surface area contributed by atoms with Gasteiger partial charge in [-0.3, -0.25) is 9.52 Å². The van der Waals surface area contributed by atoms with Crippen LogP contribution in [-0.2, 0) is 22.9 Å². The van der Waals surface area contributed by atoms with Gasteiger partial charge < -0.3 is 5.32 Å². The quantitative estimate of drug-likeness (QED) is 0.500. The zero-order valence-corrected chi connectivity index (χ0v) is 19.3. The van der Waals surface area contributed by atoms with E-state index in [1.807, 2.05) is 6.92 Å². The van der Waals surface area contributed by atoms with Gasteiger partial charge in [-0.2, -0.15) is 0 Å². The Morgan fingerprint density at radius 3 is 2.38 bits per heavy atom. The molecule has 7 heteroatoms. The number of rotatable bonds is 6. The number of carbonyl (C=O) groups excluding carboxylic acids is 1. The highest BCUT2D eigenvalue weighted by atomic mass is 35.5. The van der Waals surface area contributed by atoms with E-state index in [0.717, 1.165) is 18.4 Å². The maximum absolute atomic E-state index is 12.8. The van der Waals surface area contributed by atoms with Crippen molar-refractivity contribution in [2.45, 2.75) is 43.5 Å². The maximum atomic E-state index is 12.8. The molecule has 0 heterocycles. The molecule has 32 heavy (non-hydrogen) atoms. The standard InChI is InChI=1S/C25H25ClN2O3S/c1-17(19-12-11-18-7-5-6-8-20(18)15-19)27-25(29)23-14-13-21(16-24(23)26)28-32(30,31)22-9-3-2-4-10-22/h2-4,9-17,28H,5-8H2,1H3,(H,27,29). The van der Waals surface area contributed by atoms with E-state index < -0.39 is 10.0 Å². The Bertz CT molecular complexity index is 1240. The summed E-state index contributed by atoms with van der Waals surface area (Å²) in [6, 6.07) is 18.8. The van der Waals surface area contributed by atoms with Gasteiger partial charge >= 0.3 is 0 Å². The molecule has 5 nitrogen and oxygen atoms in total. The number of anilines is 1. The van der Waals surface area contributed by atoms with Crippen molar-refractivity contribution >= 4 is 33.2 Å². The van der Waals surface area contributed by atoms with Gasteiger partial charge in [0.25, 0.3) is 15.9 Å². The molecule has 1 aliphatic rings. The number of amides is 1. The van der Waals surface area contributed by atoms with Gasteiger partial charge in [-0.05, 0) is 79.6 Å². The van der Waals surface area contributed by atoms with Crippen LogP contribution in [0.1, 0.15) is 52.9 Å². The SMILES string of the molecule is CC(NC(=O)c1ccc(NS(=O)(=O)c2ccccc2)cc1Cl)c1ccc2c(c1)CCCC2. The zero-order chi connectivity index (χ0) is 22.7. The first kappa shape index (κ1) is 22.4. The van der Waals surface area contributed by atoms with E-state index in [4.69, 9.17) is 11.6 Å². The first-order valence-corrected chi connectivity index (χ1v) is 12.5. The van der Waals surface area contributed by atoms with Crippen LogP contribution >= 0.6 is 11.6 Å². The fraction of sp³-hybridized carbons (Fsp3) is 0.240. The number of fused-ring (bicyclic) bond motifs is 1. The highest BCUT2D eigenvalue weighted by Gasteiger charge is 2.18. The lowest BCUT2D eigenvalue weighted by atomic mass is 9.89. The topological polar surface area (TPSA) is 75.3 Å². The van der Waals surface area contributed by atoms with Gasteiger partial charge in [-0.25, -0.2) is 8.42 Å². The molecule has 0 saturated heterocycles. The Morgan fingerprint density at radius 2 is 1.66 bits per heavy atom. The monoisotopic (exact) mass is 468 g/mol. The van der Waals surface area contributed by atoms with Gasteiger partial charge in [0.2, 0.25) is 0 Å². The Kier molecular flexibility index (Phi) is 6.53. The summed E-state index contributed by atoms with van der Waals surface area (Å²) in [5, 5.41) is 3.17. The third-order valence-electron chi connectivity index (χ3n) is 5.74. The lowest BCUT2D eigenvalue weighted by molar-refractivity contribution is 0.0940. The van der Waals surface area contributed by atoms with E-state index in [-0.39, 0.29) is 27.6 Å². The van der Waals surface area contributed by atoms with Crippen molar-refractivity contribution < 1.29 is 13.2 Å². The maximum Gasteiger partial charge on any atom is 0.261 e. The van der Waals surface area contributed by atoms with E-state index in [9.17, 15) is 13.2 Å². The molecule has 166 valence electrons. The van der Waals surface area contributed by atoms with E-state index in [0.29, 0.717) is 5.56 Å². The van der Waals surface area contributed by atoms with Crippen molar-refractivity contribution in [3.63, 3.8) is 0 Å². The van der Waals surface area contributed by atoms with Gasteiger partial charge in [0.15, 0.2) is 0 Å². The van der Waals surface area contributed by atoms with Gasteiger partial charge in [-0.15, -0.1) is 0 Å². The minimum atomic E-state index is -3.74. The summed E-state index contributed by atoms with van der Waals surface area (Å²) >= 11 is 6.33. The predicted octanol–water partition coefficient (Wildman–Crippen LogP) is 5.51. The molecule has 3 aromatic carbocycles. The molecular formula is C25H25ClN2O3S. The number of hydrogen-bond acceptors (Lipinski definition) is 3. The number of sulfonamides is 1. The molecule has 0 bridgehead atoms. The van der Waals surface area contributed by atoms with Crippen LogP contribution in [0, 0.1) is 0 Å². The fourth-order valence-electron chi connectivity index (χ4n) is 3.96. The second-order valence-corrected chi connectivity index (χ2v) is 10.1. The van der Waals surface area contributed by atoms with Crippen LogP contribution in [0.4, 0.5) is 5.69 Å². The molecule has 4 rings (SSSR count). The lowest BCUT2D eigenvalue weighted by Gasteiger charge is -2.20. The van der Waals surface area contributed by atoms with Crippen LogP contribution in [-0.4, -0.2) is 14.3 Å². The molecule has 1 atom stereocenters. The molecule has 0 radical (unpaired) electrons. The van der Waals surface area contributed by atoms with Gasteiger partial charge in [0, 0.05) is 0 Å². The summed E-state index contributed by atoms with van der Waals surface area (Å²) in [4.78, 5) is 13.0. The third-order valence-corrected chi connectivity index (χ3v) is 7.45. The molecule has 1 aliphatic carbocycles. The molecule has 0 fully saturated rings. The average molecular weight is 469 g/mol. The predicted molar refractivity (Wildman–Crippen MR) is 128 cm³/mol. The minimum Gasteiger partial charge on any atom is -0.345 e.